The van der Waals surface area contributed by atoms with Gasteiger partial charge in [0.05, 0.1) is 5.56 Å². The third kappa shape index (κ3) is 3.14. The first kappa shape index (κ1) is 14.0. The minimum absolute atomic E-state index is 0.0975. The molecule has 0 aliphatic heterocycles. The molecule has 0 aliphatic rings. The van der Waals surface area contributed by atoms with Crippen LogP contribution in [0, 0.1) is 0 Å². The van der Waals surface area contributed by atoms with E-state index >= 15 is 0 Å². The SMILES string of the molecule is O=C(O)c1ccc(NS(=O)(=O)c2sccc2Br)cc1. The summed E-state index contributed by atoms with van der Waals surface area (Å²) in [5.41, 5.74) is 0.408. The zero-order valence-electron chi connectivity index (χ0n) is 9.33. The van der Waals surface area contributed by atoms with Crippen molar-refractivity contribution in [3.05, 3.63) is 45.7 Å². The molecule has 0 radical (unpaired) electrons. The van der Waals surface area contributed by atoms with E-state index in [1.165, 1.54) is 24.3 Å². The largest absolute Gasteiger partial charge is 0.478 e. The minimum Gasteiger partial charge on any atom is -0.478 e. The molecule has 0 saturated carbocycles. The molecule has 0 unspecified atom stereocenters. The lowest BCUT2D eigenvalue weighted by molar-refractivity contribution is 0.0697. The molecule has 19 heavy (non-hydrogen) atoms. The van der Waals surface area contributed by atoms with Crippen molar-refractivity contribution in [2.24, 2.45) is 0 Å². The van der Waals surface area contributed by atoms with Gasteiger partial charge in [-0.2, -0.15) is 0 Å². The van der Waals surface area contributed by atoms with Crippen LogP contribution in [-0.2, 0) is 10.0 Å². The number of hydrogen-bond acceptors (Lipinski definition) is 4. The summed E-state index contributed by atoms with van der Waals surface area (Å²) in [6.07, 6.45) is 0. The van der Waals surface area contributed by atoms with Gasteiger partial charge in [-0.05, 0) is 51.6 Å². The van der Waals surface area contributed by atoms with Gasteiger partial charge in [0.1, 0.15) is 0 Å². The van der Waals surface area contributed by atoms with Crippen LogP contribution in [0.2, 0.25) is 0 Å². The average molecular weight is 362 g/mol. The van der Waals surface area contributed by atoms with Gasteiger partial charge < -0.3 is 5.11 Å². The molecule has 0 fully saturated rings. The molecular weight excluding hydrogens is 354 g/mol. The molecule has 8 heteroatoms. The minimum atomic E-state index is -3.66. The number of carbonyl (C=O) groups is 1. The number of carboxylic acid groups (broad SMARTS) is 1. The molecule has 2 N–H and O–H groups in total. The Labute approximate surface area is 122 Å². The number of sulfonamides is 1. The zero-order valence-corrected chi connectivity index (χ0v) is 12.5. The molecule has 2 aromatic rings. The summed E-state index contributed by atoms with van der Waals surface area (Å²) in [7, 11) is -3.66. The highest BCUT2D eigenvalue weighted by molar-refractivity contribution is 9.10. The molecule has 1 aromatic carbocycles. The number of nitrogens with one attached hydrogen (secondary N) is 1. The van der Waals surface area contributed by atoms with Gasteiger partial charge in [0.15, 0.2) is 4.21 Å². The predicted molar refractivity (Wildman–Crippen MR) is 76.2 cm³/mol. The zero-order chi connectivity index (χ0) is 14.0. The van der Waals surface area contributed by atoms with Crippen molar-refractivity contribution in [1.29, 1.82) is 0 Å². The number of thiophene rings is 1. The van der Waals surface area contributed by atoms with E-state index in [2.05, 4.69) is 20.7 Å². The first-order valence-corrected chi connectivity index (χ1v) is 8.15. The van der Waals surface area contributed by atoms with Crippen LogP contribution >= 0.6 is 27.3 Å². The first-order valence-electron chi connectivity index (χ1n) is 4.99. The maximum atomic E-state index is 12.1. The second kappa shape index (κ2) is 5.32. The van der Waals surface area contributed by atoms with Gasteiger partial charge in [-0.15, -0.1) is 11.3 Å². The summed E-state index contributed by atoms with van der Waals surface area (Å²) in [5.74, 6) is -1.06. The molecule has 1 heterocycles. The Bertz CT molecular complexity index is 707. The Morgan fingerprint density at radius 1 is 1.21 bits per heavy atom. The van der Waals surface area contributed by atoms with Gasteiger partial charge in [-0.3, -0.25) is 4.72 Å². The van der Waals surface area contributed by atoms with Crippen LogP contribution in [0.25, 0.3) is 0 Å². The number of benzene rings is 1. The fourth-order valence-electron chi connectivity index (χ4n) is 1.35. The Morgan fingerprint density at radius 3 is 2.32 bits per heavy atom. The third-order valence-electron chi connectivity index (χ3n) is 2.21. The molecule has 1 aromatic heterocycles. The van der Waals surface area contributed by atoms with E-state index < -0.39 is 16.0 Å². The van der Waals surface area contributed by atoms with E-state index in [4.69, 9.17) is 5.11 Å². The molecule has 5 nitrogen and oxygen atoms in total. The fraction of sp³-hybridized carbons (Fsp3) is 0. The van der Waals surface area contributed by atoms with Crippen LogP contribution in [-0.4, -0.2) is 19.5 Å². The van der Waals surface area contributed by atoms with Crippen molar-refractivity contribution in [1.82, 2.24) is 0 Å². The standard InChI is InChI=1S/C11H8BrNO4S2/c12-9-5-6-18-11(9)19(16,17)13-8-3-1-7(2-4-8)10(14)15/h1-6,13H,(H,14,15). The van der Waals surface area contributed by atoms with E-state index in [9.17, 15) is 13.2 Å². The highest BCUT2D eigenvalue weighted by Crippen LogP contribution is 2.29. The van der Waals surface area contributed by atoms with Crippen LogP contribution in [0.15, 0.2) is 44.4 Å². The van der Waals surface area contributed by atoms with E-state index in [1.807, 2.05) is 0 Å². The second-order valence-corrected chi connectivity index (χ2v) is 7.19. The lowest BCUT2D eigenvalue weighted by Crippen LogP contribution is -2.12. The Hall–Kier alpha value is -1.38. The first-order chi connectivity index (χ1) is 8.90. The fourth-order valence-corrected chi connectivity index (χ4v) is 4.75. The summed E-state index contributed by atoms with van der Waals surface area (Å²) in [6.45, 7) is 0. The molecule has 2 rings (SSSR count). The molecule has 0 spiro atoms. The normalized spacial score (nSPS) is 11.2. The Kier molecular flexibility index (Phi) is 3.93. The number of hydrogen-bond donors (Lipinski definition) is 2. The molecular formula is C11H8BrNO4S2. The maximum Gasteiger partial charge on any atom is 0.335 e. The average Bonchev–Trinajstić information content (AvgIpc) is 2.76. The van der Waals surface area contributed by atoms with Crippen molar-refractivity contribution in [3.8, 4) is 0 Å². The summed E-state index contributed by atoms with van der Waals surface area (Å²) in [6, 6.07) is 7.13. The van der Waals surface area contributed by atoms with Gasteiger partial charge in [-0.25, -0.2) is 13.2 Å². The van der Waals surface area contributed by atoms with E-state index in [-0.39, 0.29) is 9.77 Å². The Morgan fingerprint density at radius 2 is 1.84 bits per heavy atom. The number of rotatable bonds is 4. The number of aromatic carboxylic acids is 1. The molecule has 0 atom stereocenters. The van der Waals surface area contributed by atoms with Gasteiger partial charge in [-0.1, -0.05) is 0 Å². The van der Waals surface area contributed by atoms with Crippen LogP contribution in [0.3, 0.4) is 0 Å². The van der Waals surface area contributed by atoms with E-state index in [0.717, 1.165) is 11.3 Å². The number of anilines is 1. The van der Waals surface area contributed by atoms with Crippen molar-refractivity contribution in [3.63, 3.8) is 0 Å². The van der Waals surface area contributed by atoms with Crippen molar-refractivity contribution >= 4 is 48.9 Å². The smallest absolute Gasteiger partial charge is 0.335 e. The molecule has 0 saturated heterocycles. The topological polar surface area (TPSA) is 83.5 Å². The summed E-state index contributed by atoms with van der Waals surface area (Å²) in [5, 5.41) is 10.4. The molecule has 0 bridgehead atoms. The quantitative estimate of drug-likeness (QED) is 0.876. The molecule has 0 amide bonds. The monoisotopic (exact) mass is 361 g/mol. The van der Waals surface area contributed by atoms with E-state index in [0.29, 0.717) is 10.2 Å². The van der Waals surface area contributed by atoms with Crippen molar-refractivity contribution < 1.29 is 18.3 Å². The number of halogens is 1. The van der Waals surface area contributed by atoms with Gasteiger partial charge in [0.25, 0.3) is 10.0 Å². The van der Waals surface area contributed by atoms with Crippen LogP contribution in [0.4, 0.5) is 5.69 Å². The highest BCUT2D eigenvalue weighted by Gasteiger charge is 2.19. The maximum absolute atomic E-state index is 12.1. The van der Waals surface area contributed by atoms with Crippen molar-refractivity contribution in [2.45, 2.75) is 4.21 Å². The van der Waals surface area contributed by atoms with Crippen LogP contribution < -0.4 is 4.72 Å². The van der Waals surface area contributed by atoms with Crippen LogP contribution in [0.1, 0.15) is 10.4 Å². The molecule has 0 aliphatic carbocycles. The number of carboxylic acids is 1. The third-order valence-corrected chi connectivity index (χ3v) is 6.26. The van der Waals surface area contributed by atoms with Gasteiger partial charge in [0, 0.05) is 10.2 Å². The lowest BCUT2D eigenvalue weighted by Gasteiger charge is -2.07. The lowest BCUT2D eigenvalue weighted by atomic mass is 10.2. The van der Waals surface area contributed by atoms with Gasteiger partial charge >= 0.3 is 5.97 Å². The van der Waals surface area contributed by atoms with E-state index in [1.54, 1.807) is 11.4 Å². The van der Waals surface area contributed by atoms with Crippen molar-refractivity contribution in [2.75, 3.05) is 4.72 Å². The van der Waals surface area contributed by atoms with Gasteiger partial charge in [0.2, 0.25) is 0 Å². The predicted octanol–water partition coefficient (Wildman–Crippen LogP) is 3.01. The molecule has 100 valence electrons. The highest BCUT2D eigenvalue weighted by atomic mass is 79.9. The summed E-state index contributed by atoms with van der Waals surface area (Å²) in [4.78, 5) is 10.7. The van der Waals surface area contributed by atoms with Crippen LogP contribution in [0.5, 0.6) is 0 Å². The second-order valence-electron chi connectivity index (χ2n) is 3.54. The summed E-state index contributed by atoms with van der Waals surface area (Å²) >= 11 is 4.25. The summed E-state index contributed by atoms with van der Waals surface area (Å²) < 4.78 is 27.2. The Balaban J connectivity index is 2.26.